The molecule has 1 aromatic heterocycles. The predicted octanol–water partition coefficient (Wildman–Crippen LogP) is 3.64. The van der Waals surface area contributed by atoms with E-state index in [4.69, 9.17) is 0 Å². The van der Waals surface area contributed by atoms with E-state index >= 15 is 0 Å². The van der Waals surface area contributed by atoms with Gasteiger partial charge in [0.2, 0.25) is 0 Å². The minimum Gasteiger partial charge on any atom is -0.312 e. The number of rotatable bonds is 6. The van der Waals surface area contributed by atoms with Crippen LogP contribution in [0.3, 0.4) is 0 Å². The second-order valence-electron chi connectivity index (χ2n) is 6.31. The highest BCUT2D eigenvalue weighted by atomic mass is 32.1. The van der Waals surface area contributed by atoms with Gasteiger partial charge in [-0.25, -0.2) is 0 Å². The lowest BCUT2D eigenvalue weighted by atomic mass is 9.96. The van der Waals surface area contributed by atoms with Crippen molar-refractivity contribution in [2.75, 3.05) is 20.1 Å². The van der Waals surface area contributed by atoms with Gasteiger partial charge in [0.05, 0.1) is 0 Å². The van der Waals surface area contributed by atoms with Gasteiger partial charge in [0.1, 0.15) is 0 Å². The lowest BCUT2D eigenvalue weighted by Crippen LogP contribution is -2.28. The molecule has 0 fully saturated rings. The molecule has 1 rings (SSSR count). The summed E-state index contributed by atoms with van der Waals surface area (Å²) in [5, 5.41) is 3.39. The topological polar surface area (TPSA) is 15.3 Å². The highest BCUT2D eigenvalue weighted by molar-refractivity contribution is 7.12. The largest absolute Gasteiger partial charge is 0.312 e. The fraction of sp³-hybridized carbons (Fsp3) is 0.733. The van der Waals surface area contributed by atoms with Crippen LogP contribution in [0.15, 0.2) is 6.07 Å². The number of thiophene rings is 1. The van der Waals surface area contributed by atoms with Gasteiger partial charge >= 0.3 is 0 Å². The molecule has 0 radical (unpaired) electrons. The first kappa shape index (κ1) is 15.7. The van der Waals surface area contributed by atoms with Gasteiger partial charge in [0.25, 0.3) is 0 Å². The Hall–Kier alpha value is -0.380. The summed E-state index contributed by atoms with van der Waals surface area (Å²) >= 11 is 1.93. The summed E-state index contributed by atoms with van der Waals surface area (Å²) in [7, 11) is 2.21. The van der Waals surface area contributed by atoms with E-state index in [1.54, 1.807) is 0 Å². The Morgan fingerprint density at radius 1 is 1.33 bits per heavy atom. The first-order chi connectivity index (χ1) is 8.31. The van der Waals surface area contributed by atoms with Gasteiger partial charge < -0.3 is 10.2 Å². The Bertz CT molecular complexity index is 363. The van der Waals surface area contributed by atoms with Crippen molar-refractivity contribution >= 4 is 11.3 Å². The van der Waals surface area contributed by atoms with Crippen molar-refractivity contribution in [2.24, 2.45) is 5.41 Å². The average molecular weight is 268 g/mol. The van der Waals surface area contributed by atoms with E-state index < -0.39 is 0 Å². The Labute approximate surface area is 116 Å². The SMILES string of the molecule is CCNCc1cc(CN(C)CC(C)(C)C)c(C)s1. The molecule has 18 heavy (non-hydrogen) atoms. The third-order valence-corrected chi connectivity index (χ3v) is 3.90. The Kier molecular flexibility index (Phi) is 5.83. The van der Waals surface area contributed by atoms with Crippen LogP contribution in [-0.2, 0) is 13.1 Å². The van der Waals surface area contributed by atoms with Crippen molar-refractivity contribution in [1.29, 1.82) is 0 Å². The van der Waals surface area contributed by atoms with Crippen molar-refractivity contribution in [3.63, 3.8) is 0 Å². The van der Waals surface area contributed by atoms with Gasteiger partial charge in [-0.2, -0.15) is 0 Å². The van der Waals surface area contributed by atoms with E-state index in [9.17, 15) is 0 Å². The summed E-state index contributed by atoms with van der Waals surface area (Å²) in [5.41, 5.74) is 1.85. The monoisotopic (exact) mass is 268 g/mol. The number of hydrogen-bond donors (Lipinski definition) is 1. The van der Waals surface area contributed by atoms with Gasteiger partial charge in [0, 0.05) is 29.4 Å². The molecule has 0 saturated heterocycles. The molecule has 1 N–H and O–H groups in total. The molecule has 1 aromatic rings. The molecule has 3 heteroatoms. The molecule has 0 spiro atoms. The molecule has 0 saturated carbocycles. The fourth-order valence-corrected chi connectivity index (χ4v) is 3.26. The molecule has 0 bridgehead atoms. The maximum Gasteiger partial charge on any atom is 0.0299 e. The molecular formula is C15H28N2S. The molecular weight excluding hydrogens is 240 g/mol. The van der Waals surface area contributed by atoms with Crippen molar-refractivity contribution in [2.45, 2.75) is 47.7 Å². The predicted molar refractivity (Wildman–Crippen MR) is 82.2 cm³/mol. The van der Waals surface area contributed by atoms with E-state index in [0.29, 0.717) is 5.41 Å². The minimum absolute atomic E-state index is 0.366. The van der Waals surface area contributed by atoms with E-state index in [-0.39, 0.29) is 0 Å². The normalized spacial score (nSPS) is 12.4. The highest BCUT2D eigenvalue weighted by Gasteiger charge is 2.15. The van der Waals surface area contributed by atoms with Gasteiger partial charge in [-0.1, -0.05) is 27.7 Å². The van der Waals surface area contributed by atoms with Crippen LogP contribution in [0, 0.1) is 12.3 Å². The summed E-state index contributed by atoms with van der Waals surface area (Å²) < 4.78 is 0. The van der Waals surface area contributed by atoms with Gasteiger partial charge in [-0.05, 0) is 37.6 Å². The standard InChI is InChI=1S/C15H28N2S/c1-7-16-9-14-8-13(12(2)18-14)10-17(6)11-15(3,4)5/h8,16H,7,9-11H2,1-6H3. The molecule has 2 nitrogen and oxygen atoms in total. The van der Waals surface area contributed by atoms with Gasteiger partial charge in [-0.15, -0.1) is 11.3 Å². The van der Waals surface area contributed by atoms with Crippen molar-refractivity contribution in [3.8, 4) is 0 Å². The summed E-state index contributed by atoms with van der Waals surface area (Å²) in [6.45, 7) is 15.5. The van der Waals surface area contributed by atoms with E-state index in [1.807, 2.05) is 11.3 Å². The van der Waals surface area contributed by atoms with E-state index in [0.717, 1.165) is 26.2 Å². The summed E-state index contributed by atoms with van der Waals surface area (Å²) in [4.78, 5) is 5.34. The van der Waals surface area contributed by atoms with Crippen LogP contribution in [0.4, 0.5) is 0 Å². The van der Waals surface area contributed by atoms with Gasteiger partial charge in [0.15, 0.2) is 0 Å². The molecule has 0 atom stereocenters. The molecule has 0 aromatic carbocycles. The van der Waals surface area contributed by atoms with Crippen LogP contribution in [-0.4, -0.2) is 25.0 Å². The summed E-state index contributed by atoms with van der Waals surface area (Å²) in [6.07, 6.45) is 0. The van der Waals surface area contributed by atoms with Crippen LogP contribution in [0.2, 0.25) is 0 Å². The van der Waals surface area contributed by atoms with Crippen molar-refractivity contribution in [1.82, 2.24) is 10.2 Å². The molecule has 104 valence electrons. The van der Waals surface area contributed by atoms with Crippen molar-refractivity contribution in [3.05, 3.63) is 21.4 Å². The molecule has 0 aliphatic heterocycles. The lowest BCUT2D eigenvalue weighted by Gasteiger charge is -2.26. The van der Waals surface area contributed by atoms with E-state index in [1.165, 1.54) is 15.3 Å². The molecule has 0 aliphatic rings. The zero-order valence-corrected chi connectivity index (χ0v) is 13.6. The third kappa shape index (κ3) is 5.51. The average Bonchev–Trinajstić information content (AvgIpc) is 2.53. The minimum atomic E-state index is 0.366. The number of aryl methyl sites for hydroxylation is 1. The Morgan fingerprint density at radius 2 is 2.00 bits per heavy atom. The lowest BCUT2D eigenvalue weighted by molar-refractivity contribution is 0.220. The zero-order chi connectivity index (χ0) is 13.8. The van der Waals surface area contributed by atoms with Crippen LogP contribution in [0.1, 0.15) is 43.0 Å². The summed E-state index contributed by atoms with van der Waals surface area (Å²) in [6, 6.07) is 2.36. The Balaban J connectivity index is 2.58. The second kappa shape index (κ2) is 6.69. The highest BCUT2D eigenvalue weighted by Crippen LogP contribution is 2.24. The number of hydrogen-bond acceptors (Lipinski definition) is 3. The van der Waals surface area contributed by atoms with Crippen LogP contribution in [0.25, 0.3) is 0 Å². The van der Waals surface area contributed by atoms with Crippen LogP contribution < -0.4 is 5.32 Å². The van der Waals surface area contributed by atoms with E-state index in [2.05, 4.69) is 57.9 Å². The number of nitrogens with zero attached hydrogens (tertiary/aromatic N) is 1. The van der Waals surface area contributed by atoms with Gasteiger partial charge in [-0.3, -0.25) is 0 Å². The van der Waals surface area contributed by atoms with Crippen molar-refractivity contribution < 1.29 is 0 Å². The quantitative estimate of drug-likeness (QED) is 0.847. The molecule has 0 unspecified atom stereocenters. The second-order valence-corrected chi connectivity index (χ2v) is 7.65. The first-order valence-corrected chi connectivity index (χ1v) is 7.61. The molecule has 0 aliphatic carbocycles. The smallest absolute Gasteiger partial charge is 0.0299 e. The molecule has 0 amide bonds. The third-order valence-electron chi connectivity index (χ3n) is 2.81. The fourth-order valence-electron chi connectivity index (χ4n) is 2.24. The van der Waals surface area contributed by atoms with Crippen LogP contribution in [0.5, 0.6) is 0 Å². The maximum atomic E-state index is 3.39. The Morgan fingerprint density at radius 3 is 2.56 bits per heavy atom. The summed E-state index contributed by atoms with van der Waals surface area (Å²) in [5.74, 6) is 0. The molecule has 1 heterocycles. The van der Waals surface area contributed by atoms with Crippen LogP contribution >= 0.6 is 11.3 Å². The zero-order valence-electron chi connectivity index (χ0n) is 12.8. The first-order valence-electron chi connectivity index (χ1n) is 6.79. The number of nitrogens with one attached hydrogen (secondary N) is 1. The maximum absolute atomic E-state index is 3.39.